The van der Waals surface area contributed by atoms with Crippen molar-refractivity contribution in [1.82, 2.24) is 9.38 Å². The molecule has 0 radical (unpaired) electrons. The van der Waals surface area contributed by atoms with Crippen LogP contribution in [0, 0.1) is 0 Å². The lowest BCUT2D eigenvalue weighted by atomic mass is 10.1. The normalized spacial score (nSPS) is 11.8. The van der Waals surface area contributed by atoms with Gasteiger partial charge in [-0.25, -0.2) is 4.98 Å². The maximum absolute atomic E-state index is 9.81. The van der Waals surface area contributed by atoms with Crippen molar-refractivity contribution in [3.63, 3.8) is 0 Å². The van der Waals surface area contributed by atoms with Gasteiger partial charge in [-0.3, -0.25) is 4.40 Å². The first-order valence-corrected chi connectivity index (χ1v) is 10.0. The molecule has 0 aliphatic rings. The zero-order valence-corrected chi connectivity index (χ0v) is 17.7. The summed E-state index contributed by atoms with van der Waals surface area (Å²) in [5.74, 6) is 0.276. The van der Waals surface area contributed by atoms with Gasteiger partial charge in [0, 0.05) is 25.6 Å². The molecule has 5 heteroatoms. The third-order valence-corrected chi connectivity index (χ3v) is 4.58. The summed E-state index contributed by atoms with van der Waals surface area (Å²) in [6.07, 6.45) is 4.12. The Morgan fingerprint density at radius 1 is 0.833 bits per heavy atom. The second kappa shape index (κ2) is 7.84. The third kappa shape index (κ3) is 4.47. The Labute approximate surface area is 176 Å². The van der Waals surface area contributed by atoms with E-state index in [2.05, 4.69) is 33.8 Å². The SMILES string of the molecule is CC(C)Oc1ccc(-c2cnc3ccc(-c4ccc(OC(C)(C)O)cc4)cn23)cc1. The molecule has 154 valence electrons. The van der Waals surface area contributed by atoms with Gasteiger partial charge in [0.15, 0.2) is 0 Å². The lowest BCUT2D eigenvalue weighted by Gasteiger charge is -2.19. The Morgan fingerprint density at radius 3 is 2.07 bits per heavy atom. The quantitative estimate of drug-likeness (QED) is 0.429. The number of pyridine rings is 1. The van der Waals surface area contributed by atoms with Gasteiger partial charge in [-0.05, 0) is 73.5 Å². The summed E-state index contributed by atoms with van der Waals surface area (Å²) < 4.78 is 13.3. The van der Waals surface area contributed by atoms with Gasteiger partial charge in [0.05, 0.1) is 18.0 Å². The summed E-state index contributed by atoms with van der Waals surface area (Å²) in [6, 6.07) is 19.8. The molecule has 2 aromatic carbocycles. The van der Waals surface area contributed by atoms with Crippen LogP contribution in [-0.4, -0.2) is 26.4 Å². The van der Waals surface area contributed by atoms with Crippen LogP contribution < -0.4 is 9.47 Å². The summed E-state index contributed by atoms with van der Waals surface area (Å²) in [6.45, 7) is 7.25. The van der Waals surface area contributed by atoms with Crippen molar-refractivity contribution in [2.24, 2.45) is 0 Å². The number of nitrogens with zero attached hydrogens (tertiary/aromatic N) is 2. The van der Waals surface area contributed by atoms with Crippen molar-refractivity contribution in [2.45, 2.75) is 39.6 Å². The zero-order chi connectivity index (χ0) is 21.3. The smallest absolute Gasteiger partial charge is 0.202 e. The number of aromatic nitrogens is 2. The molecule has 0 bridgehead atoms. The molecule has 0 saturated heterocycles. The molecule has 1 N–H and O–H groups in total. The topological polar surface area (TPSA) is 56.0 Å². The van der Waals surface area contributed by atoms with E-state index in [0.29, 0.717) is 5.75 Å². The van der Waals surface area contributed by atoms with Gasteiger partial charge in [0.1, 0.15) is 17.1 Å². The molecule has 0 spiro atoms. The van der Waals surface area contributed by atoms with Crippen LogP contribution in [0.3, 0.4) is 0 Å². The van der Waals surface area contributed by atoms with E-state index in [9.17, 15) is 5.11 Å². The summed E-state index contributed by atoms with van der Waals surface area (Å²) in [4.78, 5) is 4.54. The summed E-state index contributed by atoms with van der Waals surface area (Å²) >= 11 is 0. The largest absolute Gasteiger partial charge is 0.491 e. The molecule has 2 heterocycles. The van der Waals surface area contributed by atoms with Gasteiger partial charge in [0.2, 0.25) is 5.79 Å². The minimum atomic E-state index is -1.21. The Hall–Kier alpha value is -3.31. The van der Waals surface area contributed by atoms with Crippen molar-refractivity contribution in [2.75, 3.05) is 0 Å². The van der Waals surface area contributed by atoms with E-state index in [4.69, 9.17) is 9.47 Å². The number of hydrogen-bond acceptors (Lipinski definition) is 4. The fourth-order valence-electron chi connectivity index (χ4n) is 3.35. The minimum absolute atomic E-state index is 0.148. The number of fused-ring (bicyclic) bond motifs is 1. The predicted octanol–water partition coefficient (Wildman–Crippen LogP) is 5.56. The average molecular weight is 402 g/mol. The first-order valence-electron chi connectivity index (χ1n) is 10.0. The predicted molar refractivity (Wildman–Crippen MR) is 119 cm³/mol. The number of benzene rings is 2. The minimum Gasteiger partial charge on any atom is -0.491 e. The first-order chi connectivity index (χ1) is 14.3. The number of rotatable bonds is 6. The number of imidazole rings is 1. The molecule has 30 heavy (non-hydrogen) atoms. The van der Waals surface area contributed by atoms with Gasteiger partial charge in [-0.15, -0.1) is 0 Å². The molecule has 0 aliphatic carbocycles. The van der Waals surface area contributed by atoms with E-state index in [1.165, 1.54) is 0 Å². The molecule has 0 aliphatic heterocycles. The maximum atomic E-state index is 9.81. The van der Waals surface area contributed by atoms with Crippen LogP contribution in [0.2, 0.25) is 0 Å². The Balaban J connectivity index is 1.65. The van der Waals surface area contributed by atoms with Gasteiger partial charge in [-0.2, -0.15) is 0 Å². The molecule has 4 rings (SSSR count). The highest BCUT2D eigenvalue weighted by molar-refractivity contribution is 5.69. The van der Waals surface area contributed by atoms with E-state index in [0.717, 1.165) is 33.8 Å². The average Bonchev–Trinajstić information content (AvgIpc) is 3.11. The molecule has 0 fully saturated rings. The van der Waals surface area contributed by atoms with Crippen molar-refractivity contribution in [3.05, 3.63) is 73.1 Å². The Bertz CT molecular complexity index is 1140. The fourth-order valence-corrected chi connectivity index (χ4v) is 3.35. The second-order valence-corrected chi connectivity index (χ2v) is 8.05. The lowest BCUT2D eigenvalue weighted by molar-refractivity contribution is -0.104. The molecule has 0 amide bonds. The van der Waals surface area contributed by atoms with Gasteiger partial charge in [-0.1, -0.05) is 12.1 Å². The zero-order valence-electron chi connectivity index (χ0n) is 17.7. The lowest BCUT2D eigenvalue weighted by Crippen LogP contribution is -2.26. The van der Waals surface area contributed by atoms with Crippen LogP contribution in [0.15, 0.2) is 73.1 Å². The summed E-state index contributed by atoms with van der Waals surface area (Å²) in [5, 5.41) is 9.81. The Morgan fingerprint density at radius 2 is 1.43 bits per heavy atom. The molecule has 5 nitrogen and oxygen atoms in total. The summed E-state index contributed by atoms with van der Waals surface area (Å²) in [5.41, 5.74) is 5.10. The third-order valence-electron chi connectivity index (χ3n) is 4.58. The van der Waals surface area contributed by atoms with Crippen LogP contribution in [0.4, 0.5) is 0 Å². The van der Waals surface area contributed by atoms with Crippen LogP contribution >= 0.6 is 0 Å². The van der Waals surface area contributed by atoms with Crippen molar-refractivity contribution >= 4 is 5.65 Å². The van der Waals surface area contributed by atoms with E-state index in [1.807, 2.05) is 62.5 Å². The Kier molecular flexibility index (Phi) is 5.22. The number of hydrogen-bond donors (Lipinski definition) is 1. The van der Waals surface area contributed by atoms with E-state index in [-0.39, 0.29) is 6.10 Å². The van der Waals surface area contributed by atoms with Crippen LogP contribution in [0.1, 0.15) is 27.7 Å². The standard InChI is InChI=1S/C25H26N2O3/c1-17(2)29-21-10-7-19(8-11-21)23-15-26-24-14-9-20(16-27(23)24)18-5-12-22(13-6-18)30-25(3,4)28/h5-17,28H,1-4H3. The molecule has 0 saturated carbocycles. The monoisotopic (exact) mass is 402 g/mol. The second-order valence-electron chi connectivity index (χ2n) is 8.05. The van der Waals surface area contributed by atoms with Crippen LogP contribution in [0.25, 0.3) is 28.0 Å². The van der Waals surface area contributed by atoms with Crippen molar-refractivity contribution < 1.29 is 14.6 Å². The van der Waals surface area contributed by atoms with Crippen molar-refractivity contribution in [1.29, 1.82) is 0 Å². The first kappa shape index (κ1) is 20.0. The molecule has 0 unspecified atom stereocenters. The number of ether oxygens (including phenoxy) is 2. The van der Waals surface area contributed by atoms with Gasteiger partial charge >= 0.3 is 0 Å². The molecular weight excluding hydrogens is 376 g/mol. The van der Waals surface area contributed by atoms with E-state index in [1.54, 1.807) is 13.8 Å². The van der Waals surface area contributed by atoms with Crippen LogP contribution in [0.5, 0.6) is 11.5 Å². The molecular formula is C25H26N2O3. The molecule has 2 aromatic heterocycles. The van der Waals surface area contributed by atoms with Gasteiger partial charge < -0.3 is 14.6 Å². The molecule has 0 atom stereocenters. The maximum Gasteiger partial charge on any atom is 0.202 e. The highest BCUT2D eigenvalue weighted by Gasteiger charge is 2.14. The molecule has 4 aromatic rings. The van der Waals surface area contributed by atoms with E-state index >= 15 is 0 Å². The van der Waals surface area contributed by atoms with Gasteiger partial charge in [0.25, 0.3) is 0 Å². The highest BCUT2D eigenvalue weighted by atomic mass is 16.6. The van der Waals surface area contributed by atoms with Crippen molar-refractivity contribution in [3.8, 4) is 33.9 Å². The van der Waals surface area contributed by atoms with Crippen LogP contribution in [-0.2, 0) is 0 Å². The fraction of sp³-hybridized carbons (Fsp3) is 0.240. The number of aliphatic hydroxyl groups is 1. The highest BCUT2D eigenvalue weighted by Crippen LogP contribution is 2.28. The van der Waals surface area contributed by atoms with E-state index < -0.39 is 5.79 Å². The summed E-state index contributed by atoms with van der Waals surface area (Å²) in [7, 11) is 0.